The number of amides is 2. The lowest BCUT2D eigenvalue weighted by Crippen LogP contribution is -2.50. The average molecular weight is 529 g/mol. The number of carbonyl (C=O) groups excluding carboxylic acids is 2. The van der Waals surface area contributed by atoms with Gasteiger partial charge in [0.15, 0.2) is 0 Å². The first kappa shape index (κ1) is 29.6. The van der Waals surface area contributed by atoms with Crippen molar-refractivity contribution in [3.8, 4) is 0 Å². The first-order valence-corrected chi connectivity index (χ1v) is 13.8. The van der Waals surface area contributed by atoms with E-state index in [0.29, 0.717) is 31.7 Å². The molecule has 1 unspecified atom stereocenters. The number of ether oxygens (including phenoxy) is 1. The fraction of sp³-hybridized carbons (Fsp3) is 0.548. The molecule has 0 aromatic heterocycles. The first-order valence-electron chi connectivity index (χ1n) is 13.8. The molecule has 38 heavy (non-hydrogen) atoms. The summed E-state index contributed by atoms with van der Waals surface area (Å²) in [6, 6.07) is 12.1. The van der Waals surface area contributed by atoms with Crippen molar-refractivity contribution in [3.63, 3.8) is 0 Å². The SMILES string of the molecule is CN(C(=O)OC(C)(C)C)C(CC1CCCCC1)C(=O)NCCCC(c1ccc(F)cc1)c1ccc(F)cc1. The van der Waals surface area contributed by atoms with Crippen LogP contribution >= 0.6 is 0 Å². The van der Waals surface area contributed by atoms with Crippen molar-refractivity contribution in [2.24, 2.45) is 5.92 Å². The summed E-state index contributed by atoms with van der Waals surface area (Å²) in [7, 11) is 1.64. The molecule has 1 N–H and O–H groups in total. The Morgan fingerprint density at radius 1 is 0.947 bits per heavy atom. The zero-order chi connectivity index (χ0) is 27.7. The molecule has 2 aromatic rings. The molecule has 2 amide bonds. The highest BCUT2D eigenvalue weighted by atomic mass is 19.1. The molecule has 5 nitrogen and oxygen atoms in total. The van der Waals surface area contributed by atoms with Gasteiger partial charge >= 0.3 is 6.09 Å². The molecular formula is C31H42F2N2O3. The molecule has 0 aliphatic heterocycles. The molecule has 1 saturated carbocycles. The van der Waals surface area contributed by atoms with E-state index in [4.69, 9.17) is 4.74 Å². The van der Waals surface area contributed by atoms with Crippen LogP contribution in [-0.2, 0) is 9.53 Å². The van der Waals surface area contributed by atoms with E-state index in [1.807, 2.05) is 20.8 Å². The van der Waals surface area contributed by atoms with E-state index in [1.54, 1.807) is 31.3 Å². The van der Waals surface area contributed by atoms with Gasteiger partial charge in [-0.25, -0.2) is 13.6 Å². The highest BCUT2D eigenvalue weighted by Gasteiger charge is 2.32. The lowest BCUT2D eigenvalue weighted by molar-refractivity contribution is -0.126. The summed E-state index contributed by atoms with van der Waals surface area (Å²) in [5.41, 5.74) is 1.22. The highest BCUT2D eigenvalue weighted by molar-refractivity contribution is 5.85. The second kappa shape index (κ2) is 13.7. The van der Waals surface area contributed by atoms with Crippen molar-refractivity contribution in [1.82, 2.24) is 10.2 Å². The van der Waals surface area contributed by atoms with Crippen LogP contribution in [0, 0.1) is 17.6 Å². The van der Waals surface area contributed by atoms with Gasteiger partial charge in [0.1, 0.15) is 23.3 Å². The highest BCUT2D eigenvalue weighted by Crippen LogP contribution is 2.31. The average Bonchev–Trinajstić information content (AvgIpc) is 2.88. The van der Waals surface area contributed by atoms with E-state index in [2.05, 4.69) is 5.32 Å². The summed E-state index contributed by atoms with van der Waals surface area (Å²) >= 11 is 0. The Hall–Kier alpha value is -2.96. The number of carbonyl (C=O) groups is 2. The van der Waals surface area contributed by atoms with Gasteiger partial charge in [0, 0.05) is 19.5 Å². The maximum absolute atomic E-state index is 13.5. The summed E-state index contributed by atoms with van der Waals surface area (Å²) in [5.74, 6) is -0.445. The van der Waals surface area contributed by atoms with Crippen LogP contribution in [0.25, 0.3) is 0 Å². The third-order valence-corrected chi connectivity index (χ3v) is 7.25. The Kier molecular flexibility index (Phi) is 10.7. The number of rotatable bonds is 10. The predicted molar refractivity (Wildman–Crippen MR) is 146 cm³/mol. The van der Waals surface area contributed by atoms with Gasteiger partial charge in [-0.05, 0) is 81.3 Å². The Balaban J connectivity index is 1.64. The Bertz CT molecular complexity index is 983. The molecule has 208 valence electrons. The summed E-state index contributed by atoms with van der Waals surface area (Å²) in [6.07, 6.45) is 7.15. The van der Waals surface area contributed by atoms with Crippen LogP contribution in [0.2, 0.25) is 0 Å². The fourth-order valence-electron chi connectivity index (χ4n) is 5.19. The molecule has 7 heteroatoms. The van der Waals surface area contributed by atoms with Gasteiger partial charge in [-0.3, -0.25) is 9.69 Å². The first-order chi connectivity index (χ1) is 18.0. The lowest BCUT2D eigenvalue weighted by Gasteiger charge is -2.33. The van der Waals surface area contributed by atoms with E-state index < -0.39 is 17.7 Å². The fourth-order valence-corrected chi connectivity index (χ4v) is 5.19. The van der Waals surface area contributed by atoms with Gasteiger partial charge in [0.2, 0.25) is 5.91 Å². The minimum Gasteiger partial charge on any atom is -0.444 e. The molecule has 1 aliphatic rings. The summed E-state index contributed by atoms with van der Waals surface area (Å²) in [5, 5.41) is 3.04. The zero-order valence-corrected chi connectivity index (χ0v) is 23.1. The second-order valence-electron chi connectivity index (χ2n) is 11.4. The van der Waals surface area contributed by atoms with Gasteiger partial charge in [-0.1, -0.05) is 56.4 Å². The summed E-state index contributed by atoms with van der Waals surface area (Å²) in [4.78, 5) is 27.6. The maximum Gasteiger partial charge on any atom is 0.410 e. The van der Waals surface area contributed by atoms with Crippen LogP contribution < -0.4 is 5.32 Å². The second-order valence-corrected chi connectivity index (χ2v) is 11.4. The van der Waals surface area contributed by atoms with E-state index in [1.165, 1.54) is 35.6 Å². The van der Waals surface area contributed by atoms with Crippen LogP contribution in [0.5, 0.6) is 0 Å². The summed E-state index contributed by atoms with van der Waals surface area (Å²) < 4.78 is 32.6. The van der Waals surface area contributed by atoms with Gasteiger partial charge in [0.05, 0.1) is 0 Å². The summed E-state index contributed by atoms with van der Waals surface area (Å²) in [6.45, 7) is 5.87. The molecule has 1 atom stereocenters. The normalized spacial score (nSPS) is 15.2. The molecule has 0 radical (unpaired) electrons. The Labute approximate surface area is 225 Å². The van der Waals surface area contributed by atoms with E-state index in [0.717, 1.165) is 36.8 Å². The number of benzene rings is 2. The number of hydrogen-bond donors (Lipinski definition) is 1. The minimum absolute atomic E-state index is 0.0597. The number of nitrogens with zero attached hydrogens (tertiary/aromatic N) is 1. The minimum atomic E-state index is -0.646. The lowest BCUT2D eigenvalue weighted by atomic mass is 9.84. The molecule has 0 saturated heterocycles. The van der Waals surface area contributed by atoms with Crippen molar-refractivity contribution in [2.45, 2.75) is 89.7 Å². The molecule has 0 bridgehead atoms. The monoisotopic (exact) mass is 528 g/mol. The largest absolute Gasteiger partial charge is 0.444 e. The van der Waals surface area contributed by atoms with Crippen molar-refractivity contribution in [1.29, 1.82) is 0 Å². The van der Waals surface area contributed by atoms with E-state index in [9.17, 15) is 18.4 Å². The van der Waals surface area contributed by atoms with Crippen LogP contribution in [0.3, 0.4) is 0 Å². The van der Waals surface area contributed by atoms with Gasteiger partial charge in [-0.15, -0.1) is 0 Å². The number of hydrogen-bond acceptors (Lipinski definition) is 3. The quantitative estimate of drug-likeness (QED) is 0.332. The molecule has 0 spiro atoms. The Morgan fingerprint density at radius 2 is 1.47 bits per heavy atom. The van der Waals surface area contributed by atoms with Crippen molar-refractivity contribution >= 4 is 12.0 Å². The van der Waals surface area contributed by atoms with Crippen molar-refractivity contribution in [2.75, 3.05) is 13.6 Å². The van der Waals surface area contributed by atoms with Crippen LogP contribution in [0.1, 0.15) is 89.2 Å². The Morgan fingerprint density at radius 3 is 1.97 bits per heavy atom. The zero-order valence-electron chi connectivity index (χ0n) is 23.1. The van der Waals surface area contributed by atoms with Crippen LogP contribution in [0.15, 0.2) is 48.5 Å². The number of likely N-dealkylation sites (N-methyl/N-ethyl adjacent to an activating group) is 1. The molecule has 3 rings (SSSR count). The molecule has 0 heterocycles. The third-order valence-electron chi connectivity index (χ3n) is 7.25. The molecule has 1 fully saturated rings. The van der Waals surface area contributed by atoms with Gasteiger partial charge < -0.3 is 10.1 Å². The predicted octanol–water partition coefficient (Wildman–Crippen LogP) is 7.20. The van der Waals surface area contributed by atoms with Gasteiger partial charge in [-0.2, -0.15) is 0 Å². The van der Waals surface area contributed by atoms with Crippen LogP contribution in [0.4, 0.5) is 13.6 Å². The van der Waals surface area contributed by atoms with E-state index >= 15 is 0 Å². The van der Waals surface area contributed by atoms with Crippen LogP contribution in [-0.4, -0.2) is 42.1 Å². The maximum atomic E-state index is 13.5. The van der Waals surface area contributed by atoms with Crippen molar-refractivity contribution < 1.29 is 23.1 Å². The van der Waals surface area contributed by atoms with Gasteiger partial charge in [0.25, 0.3) is 0 Å². The standard InChI is InChI=1S/C31H42F2N2O3/c1-31(2,3)38-30(37)35(4)28(21-22-9-6-5-7-10-22)29(36)34-20-8-11-27(23-12-16-25(32)17-13-23)24-14-18-26(33)19-15-24/h12-19,22,27-28H,5-11,20-21H2,1-4H3,(H,34,36). The van der Waals surface area contributed by atoms with E-state index in [-0.39, 0.29) is 23.5 Å². The molecule has 2 aromatic carbocycles. The molecular weight excluding hydrogens is 486 g/mol. The third kappa shape index (κ3) is 9.10. The smallest absolute Gasteiger partial charge is 0.410 e. The molecule has 1 aliphatic carbocycles. The van der Waals surface area contributed by atoms with Crippen molar-refractivity contribution in [3.05, 3.63) is 71.3 Å². The number of nitrogens with one attached hydrogen (secondary N) is 1. The topological polar surface area (TPSA) is 58.6 Å². The number of halogens is 2.